The normalized spacial score (nSPS) is 15.3. The summed E-state index contributed by atoms with van der Waals surface area (Å²) in [5.74, 6) is 0.865. The minimum absolute atomic E-state index is 0.464. The van der Waals surface area contributed by atoms with E-state index in [4.69, 9.17) is 4.74 Å². The fraction of sp³-hybridized carbons (Fsp3) is 0.207. The van der Waals surface area contributed by atoms with E-state index in [1.54, 1.807) is 11.8 Å². The zero-order valence-electron chi connectivity index (χ0n) is 19.4. The van der Waals surface area contributed by atoms with Crippen LogP contribution in [0.2, 0.25) is 0 Å². The number of nitrogens with zero attached hydrogens (tertiary/aromatic N) is 4. The molecule has 2 aromatic heterocycles. The number of pyridine rings is 1. The van der Waals surface area contributed by atoms with Crippen molar-refractivity contribution in [3.8, 4) is 17.2 Å². The number of fused-ring (bicyclic) bond motifs is 3. The third kappa shape index (κ3) is 3.87. The van der Waals surface area contributed by atoms with Crippen molar-refractivity contribution in [2.24, 2.45) is 0 Å². The highest BCUT2D eigenvalue weighted by Gasteiger charge is 2.34. The summed E-state index contributed by atoms with van der Waals surface area (Å²) in [6.45, 7) is 3.25. The first-order valence-corrected chi connectivity index (χ1v) is 12.6. The number of ether oxygens (including phenoxy) is 1. The van der Waals surface area contributed by atoms with Crippen molar-refractivity contribution in [2.45, 2.75) is 35.0 Å². The highest BCUT2D eigenvalue weighted by atomic mass is 32.2. The van der Waals surface area contributed by atoms with Crippen molar-refractivity contribution in [1.29, 1.82) is 5.26 Å². The molecule has 3 heterocycles. The molecular weight excluding hydrogens is 452 g/mol. The Morgan fingerprint density at radius 2 is 1.71 bits per heavy atom. The molecule has 1 aliphatic rings. The molecule has 172 valence electrons. The SMILES string of the molecule is Cc1nnc2cc(-c3ccccc3)c3ccc(Sc4cccc(C5(C#N)CCOCC5)c4)cc3n12. The van der Waals surface area contributed by atoms with E-state index >= 15 is 0 Å². The van der Waals surface area contributed by atoms with Crippen LogP contribution in [-0.4, -0.2) is 27.8 Å². The summed E-state index contributed by atoms with van der Waals surface area (Å²) < 4.78 is 7.65. The van der Waals surface area contributed by atoms with Crippen LogP contribution in [0, 0.1) is 18.3 Å². The van der Waals surface area contributed by atoms with Gasteiger partial charge in [0.1, 0.15) is 5.82 Å². The van der Waals surface area contributed by atoms with Gasteiger partial charge in [0.25, 0.3) is 0 Å². The zero-order valence-corrected chi connectivity index (χ0v) is 20.3. The standard InChI is InChI=1S/C29H24N4OS/c1-20-31-32-28-18-26(21-6-3-2-4-7-21)25-11-10-24(17-27(25)33(20)28)35-23-9-5-8-22(16-23)29(19-30)12-14-34-15-13-29/h2-11,16-18H,12-15H2,1H3. The number of hydrogen-bond acceptors (Lipinski definition) is 5. The maximum atomic E-state index is 9.99. The zero-order chi connectivity index (χ0) is 23.8. The molecule has 35 heavy (non-hydrogen) atoms. The Labute approximate surface area is 208 Å². The van der Waals surface area contributed by atoms with Gasteiger partial charge in [-0.1, -0.05) is 60.3 Å². The summed E-state index contributed by atoms with van der Waals surface area (Å²) >= 11 is 1.71. The molecule has 3 aromatic carbocycles. The number of benzene rings is 3. The average molecular weight is 477 g/mol. The van der Waals surface area contributed by atoms with Gasteiger partial charge in [0.2, 0.25) is 0 Å². The minimum Gasteiger partial charge on any atom is -0.381 e. The predicted molar refractivity (Wildman–Crippen MR) is 139 cm³/mol. The molecule has 6 heteroatoms. The number of hydrogen-bond donors (Lipinski definition) is 0. The summed E-state index contributed by atoms with van der Waals surface area (Å²) in [4.78, 5) is 2.26. The lowest BCUT2D eigenvalue weighted by atomic mass is 9.75. The molecule has 0 unspecified atom stereocenters. The van der Waals surface area contributed by atoms with Gasteiger partial charge in [0, 0.05) is 28.4 Å². The highest BCUT2D eigenvalue weighted by molar-refractivity contribution is 7.99. The van der Waals surface area contributed by atoms with Crippen LogP contribution < -0.4 is 0 Å². The van der Waals surface area contributed by atoms with Crippen LogP contribution in [0.3, 0.4) is 0 Å². The van der Waals surface area contributed by atoms with Gasteiger partial charge in [0.15, 0.2) is 5.65 Å². The van der Waals surface area contributed by atoms with Crippen molar-refractivity contribution < 1.29 is 4.74 Å². The van der Waals surface area contributed by atoms with Crippen molar-refractivity contribution in [2.75, 3.05) is 13.2 Å². The lowest BCUT2D eigenvalue weighted by Crippen LogP contribution is -2.32. The summed E-state index contributed by atoms with van der Waals surface area (Å²) in [6.07, 6.45) is 1.47. The number of nitriles is 1. The Morgan fingerprint density at radius 1 is 0.914 bits per heavy atom. The molecule has 0 radical (unpaired) electrons. The van der Waals surface area contributed by atoms with E-state index in [2.05, 4.69) is 93.5 Å². The van der Waals surface area contributed by atoms with Crippen LogP contribution in [0.4, 0.5) is 0 Å². The lowest BCUT2D eigenvalue weighted by molar-refractivity contribution is 0.0675. The molecule has 0 atom stereocenters. The van der Waals surface area contributed by atoms with Crippen LogP contribution in [0.15, 0.2) is 88.7 Å². The first-order valence-electron chi connectivity index (χ1n) is 11.8. The molecule has 0 aliphatic carbocycles. The Bertz CT molecular complexity index is 1580. The Kier molecular flexibility index (Phi) is 5.52. The second-order valence-corrected chi connectivity index (χ2v) is 10.1. The van der Waals surface area contributed by atoms with E-state index in [1.165, 1.54) is 0 Å². The number of rotatable bonds is 4. The van der Waals surface area contributed by atoms with Crippen LogP contribution >= 0.6 is 11.8 Å². The smallest absolute Gasteiger partial charge is 0.161 e. The first kappa shape index (κ1) is 21.8. The molecule has 1 saturated heterocycles. The largest absolute Gasteiger partial charge is 0.381 e. The van der Waals surface area contributed by atoms with Crippen LogP contribution in [0.25, 0.3) is 27.7 Å². The van der Waals surface area contributed by atoms with Gasteiger partial charge in [-0.25, -0.2) is 0 Å². The van der Waals surface area contributed by atoms with Gasteiger partial charge in [0.05, 0.1) is 17.0 Å². The molecule has 0 N–H and O–H groups in total. The second kappa shape index (κ2) is 8.84. The molecule has 6 rings (SSSR count). The van der Waals surface area contributed by atoms with Gasteiger partial charge in [-0.05, 0) is 66.8 Å². The Morgan fingerprint density at radius 3 is 2.51 bits per heavy atom. The first-order chi connectivity index (χ1) is 17.2. The molecule has 0 amide bonds. The Balaban J connectivity index is 1.43. The molecule has 5 aromatic rings. The van der Waals surface area contributed by atoms with Crippen molar-refractivity contribution >= 4 is 28.3 Å². The van der Waals surface area contributed by atoms with Crippen LogP contribution in [0.1, 0.15) is 24.2 Å². The molecule has 0 spiro atoms. The van der Waals surface area contributed by atoms with Crippen molar-refractivity contribution in [3.05, 3.63) is 90.3 Å². The molecule has 1 fully saturated rings. The monoisotopic (exact) mass is 476 g/mol. The van der Waals surface area contributed by atoms with E-state index in [-0.39, 0.29) is 0 Å². The summed E-state index contributed by atoms with van der Waals surface area (Å²) in [5, 5.41) is 19.9. The molecule has 0 bridgehead atoms. The third-order valence-corrected chi connectivity index (χ3v) is 7.87. The van der Waals surface area contributed by atoms with E-state index in [1.807, 2.05) is 13.0 Å². The van der Waals surface area contributed by atoms with Gasteiger partial charge in [-0.3, -0.25) is 4.40 Å². The highest BCUT2D eigenvalue weighted by Crippen LogP contribution is 2.39. The average Bonchev–Trinajstić information content (AvgIpc) is 3.30. The van der Waals surface area contributed by atoms with E-state index < -0.39 is 5.41 Å². The fourth-order valence-corrected chi connectivity index (χ4v) is 5.91. The maximum Gasteiger partial charge on any atom is 0.161 e. The van der Waals surface area contributed by atoms with E-state index in [9.17, 15) is 5.26 Å². The lowest BCUT2D eigenvalue weighted by Gasteiger charge is -2.31. The van der Waals surface area contributed by atoms with Gasteiger partial charge >= 0.3 is 0 Å². The van der Waals surface area contributed by atoms with Crippen molar-refractivity contribution in [3.63, 3.8) is 0 Å². The van der Waals surface area contributed by atoms with E-state index in [0.29, 0.717) is 13.2 Å². The van der Waals surface area contributed by atoms with Gasteiger partial charge in [-0.2, -0.15) is 5.26 Å². The topological polar surface area (TPSA) is 63.2 Å². The molecule has 5 nitrogen and oxygen atoms in total. The second-order valence-electron chi connectivity index (χ2n) is 8.98. The van der Waals surface area contributed by atoms with Gasteiger partial charge < -0.3 is 4.74 Å². The Hall–Kier alpha value is -3.66. The van der Waals surface area contributed by atoms with Gasteiger partial charge in [-0.15, -0.1) is 10.2 Å². The summed E-state index contributed by atoms with van der Waals surface area (Å²) in [7, 11) is 0. The molecule has 1 aliphatic heterocycles. The fourth-order valence-electron chi connectivity index (χ4n) is 5.00. The summed E-state index contributed by atoms with van der Waals surface area (Å²) in [5.41, 5.74) is 4.85. The van der Waals surface area contributed by atoms with Crippen molar-refractivity contribution in [1.82, 2.24) is 14.6 Å². The molecule has 0 saturated carbocycles. The molecular formula is C29H24N4OS. The quantitative estimate of drug-likeness (QED) is 0.293. The number of aryl methyl sites for hydroxylation is 1. The minimum atomic E-state index is -0.464. The number of aromatic nitrogens is 3. The third-order valence-electron chi connectivity index (χ3n) is 6.89. The van der Waals surface area contributed by atoms with Crippen LogP contribution in [0.5, 0.6) is 0 Å². The maximum absolute atomic E-state index is 9.99. The predicted octanol–water partition coefficient (Wildman–Crippen LogP) is 6.58. The summed E-state index contributed by atoms with van der Waals surface area (Å²) in [6, 6.07) is 30.1. The van der Waals surface area contributed by atoms with Crippen LogP contribution in [-0.2, 0) is 10.2 Å². The van der Waals surface area contributed by atoms with E-state index in [0.717, 1.165) is 61.7 Å².